The van der Waals surface area contributed by atoms with Crippen LogP contribution in [0.25, 0.3) is 0 Å². The zero-order valence-electron chi connectivity index (χ0n) is 13.0. The molecular formula is C17H26N2O2. The van der Waals surface area contributed by atoms with Gasteiger partial charge in [0.05, 0.1) is 0 Å². The van der Waals surface area contributed by atoms with Crippen LogP contribution in [0.2, 0.25) is 0 Å². The van der Waals surface area contributed by atoms with E-state index in [9.17, 15) is 9.90 Å². The summed E-state index contributed by atoms with van der Waals surface area (Å²) >= 11 is 0. The van der Waals surface area contributed by atoms with Gasteiger partial charge in [0.1, 0.15) is 5.54 Å². The minimum atomic E-state index is -0.860. The molecule has 0 amide bonds. The quantitative estimate of drug-likeness (QED) is 0.809. The van der Waals surface area contributed by atoms with Crippen LogP contribution in [0.3, 0.4) is 0 Å². The molecule has 2 atom stereocenters. The number of hydrogen-bond acceptors (Lipinski definition) is 3. The summed E-state index contributed by atoms with van der Waals surface area (Å²) in [6.07, 6.45) is 2.04. The van der Waals surface area contributed by atoms with E-state index in [1.165, 1.54) is 5.56 Å². The third-order valence-corrected chi connectivity index (χ3v) is 4.32. The topological polar surface area (TPSA) is 52.6 Å². The van der Waals surface area contributed by atoms with Crippen LogP contribution in [0.4, 0.5) is 0 Å². The van der Waals surface area contributed by atoms with Crippen LogP contribution in [-0.2, 0) is 4.79 Å². The standard InChI is InChI=1S/C17H26N2O2/c1-3-10-18-17(2,16(20)21)13-19-11-9-15(12-19)14-7-5-4-6-8-14/h4-8,15,18H,3,9-13H2,1-2H3,(H,20,21). The van der Waals surface area contributed by atoms with Gasteiger partial charge in [0.15, 0.2) is 0 Å². The van der Waals surface area contributed by atoms with Gasteiger partial charge in [-0.05, 0) is 44.3 Å². The van der Waals surface area contributed by atoms with Crippen LogP contribution in [0.1, 0.15) is 38.2 Å². The highest BCUT2D eigenvalue weighted by Crippen LogP contribution is 2.27. The number of rotatable bonds is 7. The van der Waals surface area contributed by atoms with Gasteiger partial charge in [-0.25, -0.2) is 0 Å². The Labute approximate surface area is 127 Å². The molecule has 0 radical (unpaired) electrons. The molecular weight excluding hydrogens is 264 g/mol. The Hall–Kier alpha value is -1.39. The molecule has 21 heavy (non-hydrogen) atoms. The van der Waals surface area contributed by atoms with Gasteiger partial charge in [0.25, 0.3) is 0 Å². The minimum Gasteiger partial charge on any atom is -0.480 e. The number of benzene rings is 1. The maximum Gasteiger partial charge on any atom is 0.324 e. The molecule has 2 N–H and O–H groups in total. The molecule has 1 aliphatic rings. The van der Waals surface area contributed by atoms with Gasteiger partial charge in [-0.15, -0.1) is 0 Å². The first-order chi connectivity index (χ1) is 10.0. The monoisotopic (exact) mass is 290 g/mol. The molecule has 1 heterocycles. The average Bonchev–Trinajstić information content (AvgIpc) is 2.94. The Bertz CT molecular complexity index is 463. The van der Waals surface area contributed by atoms with Crippen molar-refractivity contribution < 1.29 is 9.90 Å². The lowest BCUT2D eigenvalue weighted by Gasteiger charge is -2.31. The van der Waals surface area contributed by atoms with Crippen molar-refractivity contribution in [2.24, 2.45) is 0 Å². The van der Waals surface area contributed by atoms with Gasteiger partial charge in [-0.1, -0.05) is 37.3 Å². The second-order valence-corrected chi connectivity index (χ2v) is 6.20. The van der Waals surface area contributed by atoms with Crippen LogP contribution in [0.5, 0.6) is 0 Å². The summed E-state index contributed by atoms with van der Waals surface area (Å²) in [6.45, 7) is 7.05. The number of carboxylic acid groups (broad SMARTS) is 1. The van der Waals surface area contributed by atoms with Crippen molar-refractivity contribution in [1.82, 2.24) is 10.2 Å². The molecule has 116 valence electrons. The normalized spacial score (nSPS) is 22.1. The van der Waals surface area contributed by atoms with Gasteiger partial charge in [-0.2, -0.15) is 0 Å². The van der Waals surface area contributed by atoms with E-state index >= 15 is 0 Å². The van der Waals surface area contributed by atoms with Crippen LogP contribution in [0, 0.1) is 0 Å². The van der Waals surface area contributed by atoms with E-state index in [0.29, 0.717) is 12.5 Å². The molecule has 2 rings (SSSR count). The van der Waals surface area contributed by atoms with E-state index < -0.39 is 11.5 Å². The Morgan fingerprint density at radius 1 is 1.43 bits per heavy atom. The fraction of sp³-hybridized carbons (Fsp3) is 0.588. The van der Waals surface area contributed by atoms with E-state index in [-0.39, 0.29) is 0 Å². The number of nitrogens with zero attached hydrogens (tertiary/aromatic N) is 1. The molecule has 1 saturated heterocycles. The van der Waals surface area contributed by atoms with Crippen LogP contribution in [-0.4, -0.2) is 47.7 Å². The second-order valence-electron chi connectivity index (χ2n) is 6.20. The molecule has 0 saturated carbocycles. The number of carbonyl (C=O) groups is 1. The largest absolute Gasteiger partial charge is 0.480 e. The maximum absolute atomic E-state index is 11.6. The third-order valence-electron chi connectivity index (χ3n) is 4.32. The lowest BCUT2D eigenvalue weighted by atomic mass is 9.98. The first-order valence-corrected chi connectivity index (χ1v) is 7.81. The Balaban J connectivity index is 1.96. The van der Waals surface area contributed by atoms with Crippen LogP contribution >= 0.6 is 0 Å². The van der Waals surface area contributed by atoms with Gasteiger partial charge in [0.2, 0.25) is 0 Å². The Morgan fingerprint density at radius 3 is 2.76 bits per heavy atom. The molecule has 0 spiro atoms. The summed E-state index contributed by atoms with van der Waals surface area (Å²) in [7, 11) is 0. The van der Waals surface area contributed by atoms with Gasteiger partial charge in [-0.3, -0.25) is 4.79 Å². The first kappa shape index (κ1) is 16.0. The SMILES string of the molecule is CCCNC(C)(CN1CCC(c2ccccc2)C1)C(=O)O. The lowest BCUT2D eigenvalue weighted by Crippen LogP contribution is -2.56. The second kappa shape index (κ2) is 7.05. The fourth-order valence-electron chi connectivity index (χ4n) is 3.02. The number of nitrogens with one attached hydrogen (secondary N) is 1. The lowest BCUT2D eigenvalue weighted by molar-refractivity contribution is -0.144. The average molecular weight is 290 g/mol. The van der Waals surface area contributed by atoms with Crippen molar-refractivity contribution in [3.05, 3.63) is 35.9 Å². The predicted molar refractivity (Wildman–Crippen MR) is 84.6 cm³/mol. The van der Waals surface area contributed by atoms with Crippen molar-refractivity contribution >= 4 is 5.97 Å². The van der Waals surface area contributed by atoms with Gasteiger partial charge >= 0.3 is 5.97 Å². The molecule has 0 bridgehead atoms. The van der Waals surface area contributed by atoms with E-state index in [1.54, 1.807) is 6.92 Å². The van der Waals surface area contributed by atoms with Crippen LogP contribution < -0.4 is 5.32 Å². The van der Waals surface area contributed by atoms with E-state index in [4.69, 9.17) is 0 Å². The maximum atomic E-state index is 11.6. The number of likely N-dealkylation sites (tertiary alicyclic amines) is 1. The zero-order chi connectivity index (χ0) is 15.3. The van der Waals surface area contributed by atoms with Crippen LogP contribution in [0.15, 0.2) is 30.3 Å². The van der Waals surface area contributed by atoms with Crippen molar-refractivity contribution in [2.45, 2.75) is 38.1 Å². The molecule has 2 unspecified atom stereocenters. The van der Waals surface area contributed by atoms with Crippen molar-refractivity contribution in [1.29, 1.82) is 0 Å². The summed E-state index contributed by atoms with van der Waals surface area (Å²) in [5.41, 5.74) is 0.500. The summed E-state index contributed by atoms with van der Waals surface area (Å²) in [4.78, 5) is 13.8. The smallest absolute Gasteiger partial charge is 0.324 e. The summed E-state index contributed by atoms with van der Waals surface area (Å²) < 4.78 is 0. The Kier molecular flexibility index (Phi) is 5.37. The van der Waals surface area contributed by atoms with E-state index in [0.717, 1.165) is 32.5 Å². The Morgan fingerprint density at radius 2 is 2.14 bits per heavy atom. The summed E-state index contributed by atoms with van der Waals surface area (Å²) in [5, 5.41) is 12.7. The molecule has 1 fully saturated rings. The highest BCUT2D eigenvalue weighted by molar-refractivity contribution is 5.78. The number of aliphatic carboxylic acids is 1. The molecule has 1 aliphatic heterocycles. The summed E-state index contributed by atoms with van der Waals surface area (Å²) in [5.74, 6) is -0.241. The molecule has 1 aromatic rings. The number of carboxylic acids is 1. The van der Waals surface area contributed by atoms with E-state index in [1.807, 2.05) is 6.07 Å². The van der Waals surface area contributed by atoms with E-state index in [2.05, 4.69) is 41.4 Å². The summed E-state index contributed by atoms with van der Waals surface area (Å²) in [6, 6.07) is 10.5. The molecule has 0 aliphatic carbocycles. The molecule has 0 aromatic heterocycles. The van der Waals surface area contributed by atoms with Gasteiger partial charge in [0, 0.05) is 13.1 Å². The molecule has 1 aromatic carbocycles. The van der Waals surface area contributed by atoms with Crippen molar-refractivity contribution in [2.75, 3.05) is 26.2 Å². The minimum absolute atomic E-state index is 0.524. The van der Waals surface area contributed by atoms with Crippen molar-refractivity contribution in [3.63, 3.8) is 0 Å². The first-order valence-electron chi connectivity index (χ1n) is 7.81. The van der Waals surface area contributed by atoms with Crippen molar-refractivity contribution in [3.8, 4) is 0 Å². The third kappa shape index (κ3) is 4.05. The predicted octanol–water partition coefficient (Wildman–Crippen LogP) is 2.32. The highest BCUT2D eigenvalue weighted by atomic mass is 16.4. The number of hydrogen-bond donors (Lipinski definition) is 2. The highest BCUT2D eigenvalue weighted by Gasteiger charge is 2.36. The van der Waals surface area contributed by atoms with Gasteiger partial charge < -0.3 is 15.3 Å². The fourth-order valence-corrected chi connectivity index (χ4v) is 3.02. The molecule has 4 heteroatoms. The zero-order valence-corrected chi connectivity index (χ0v) is 13.0. The molecule has 4 nitrogen and oxygen atoms in total.